The SMILES string of the molecule is CC1CN(CCNC(C(=O)Nc2ccc(C(F)(F)F)cc2)c2ccc(/C=C/C(=O)Nc3ccccc3N)cc2)CC(C)O1. The average Bonchev–Trinajstić information content (AvgIpc) is 2.95. The molecule has 1 heterocycles. The second kappa shape index (κ2) is 14.3. The second-order valence-electron chi connectivity index (χ2n) is 10.5. The highest BCUT2D eigenvalue weighted by Crippen LogP contribution is 2.30. The van der Waals surface area contributed by atoms with Crippen molar-refractivity contribution in [2.75, 3.05) is 42.5 Å². The normalized spacial score (nSPS) is 18.3. The molecule has 0 saturated carbocycles. The van der Waals surface area contributed by atoms with Crippen LogP contribution in [0.2, 0.25) is 0 Å². The van der Waals surface area contributed by atoms with E-state index in [9.17, 15) is 22.8 Å². The van der Waals surface area contributed by atoms with Crippen molar-refractivity contribution in [1.29, 1.82) is 0 Å². The number of nitrogens with one attached hydrogen (secondary N) is 3. The van der Waals surface area contributed by atoms with Crippen LogP contribution in [0.4, 0.5) is 30.2 Å². The van der Waals surface area contributed by atoms with E-state index in [1.54, 1.807) is 54.6 Å². The number of benzene rings is 3. The van der Waals surface area contributed by atoms with Gasteiger partial charge in [0.15, 0.2) is 0 Å². The number of halogens is 3. The molecule has 3 atom stereocenters. The number of para-hydroxylation sites is 2. The maximum absolute atomic E-state index is 13.4. The molecule has 1 saturated heterocycles. The molecule has 5 N–H and O–H groups in total. The molecule has 1 aliphatic heterocycles. The number of hydrogen-bond donors (Lipinski definition) is 4. The zero-order valence-electron chi connectivity index (χ0n) is 24.0. The van der Waals surface area contributed by atoms with Gasteiger partial charge in [0.25, 0.3) is 0 Å². The Hall–Kier alpha value is -4.19. The fourth-order valence-electron chi connectivity index (χ4n) is 4.91. The molecule has 3 aromatic carbocycles. The fraction of sp³-hybridized carbons (Fsp3) is 0.312. The lowest BCUT2D eigenvalue weighted by molar-refractivity contribution is -0.137. The summed E-state index contributed by atoms with van der Waals surface area (Å²) in [5.41, 5.74) is 7.70. The molecule has 0 spiro atoms. The molecule has 0 bridgehead atoms. The van der Waals surface area contributed by atoms with Gasteiger partial charge in [-0.3, -0.25) is 14.5 Å². The molecule has 4 rings (SSSR count). The van der Waals surface area contributed by atoms with Crippen LogP contribution < -0.4 is 21.7 Å². The number of nitrogen functional groups attached to an aromatic ring is 1. The van der Waals surface area contributed by atoms with E-state index in [1.165, 1.54) is 18.2 Å². The first kappa shape index (κ1) is 31.7. The van der Waals surface area contributed by atoms with E-state index in [0.29, 0.717) is 30.0 Å². The van der Waals surface area contributed by atoms with Crippen LogP contribution in [0.1, 0.15) is 36.6 Å². The Balaban J connectivity index is 1.44. The van der Waals surface area contributed by atoms with Gasteiger partial charge in [0.2, 0.25) is 11.8 Å². The van der Waals surface area contributed by atoms with Crippen molar-refractivity contribution in [3.8, 4) is 0 Å². The van der Waals surface area contributed by atoms with E-state index in [4.69, 9.17) is 10.5 Å². The summed E-state index contributed by atoms with van der Waals surface area (Å²) in [6, 6.07) is 17.6. The smallest absolute Gasteiger partial charge is 0.397 e. The second-order valence-corrected chi connectivity index (χ2v) is 10.5. The molecule has 1 aliphatic rings. The number of carbonyl (C=O) groups excluding carboxylic acids is 2. The van der Waals surface area contributed by atoms with Gasteiger partial charge in [0, 0.05) is 37.9 Å². The summed E-state index contributed by atoms with van der Waals surface area (Å²) in [6.07, 6.45) is -1.22. The minimum atomic E-state index is -4.47. The summed E-state index contributed by atoms with van der Waals surface area (Å²) in [7, 11) is 0. The van der Waals surface area contributed by atoms with Crippen LogP contribution in [-0.2, 0) is 20.5 Å². The molecule has 3 unspecified atom stereocenters. The number of alkyl halides is 3. The summed E-state index contributed by atoms with van der Waals surface area (Å²) in [4.78, 5) is 28.0. The number of amides is 2. The lowest BCUT2D eigenvalue weighted by atomic mass is 10.0. The predicted molar refractivity (Wildman–Crippen MR) is 162 cm³/mol. The molecule has 43 heavy (non-hydrogen) atoms. The van der Waals surface area contributed by atoms with Crippen LogP contribution in [0.25, 0.3) is 6.08 Å². The number of rotatable bonds is 10. The molecular weight excluding hydrogens is 559 g/mol. The molecule has 0 aromatic heterocycles. The monoisotopic (exact) mass is 595 g/mol. The predicted octanol–water partition coefficient (Wildman–Crippen LogP) is 5.32. The Kier molecular flexibility index (Phi) is 10.6. The molecule has 1 fully saturated rings. The van der Waals surface area contributed by atoms with Crippen LogP contribution >= 0.6 is 0 Å². The third-order valence-corrected chi connectivity index (χ3v) is 6.93. The van der Waals surface area contributed by atoms with E-state index in [0.717, 1.165) is 30.8 Å². The number of nitrogens with two attached hydrogens (primary N) is 1. The van der Waals surface area contributed by atoms with Gasteiger partial charge >= 0.3 is 6.18 Å². The number of carbonyl (C=O) groups is 2. The molecular formula is C32H36F3N5O3. The van der Waals surface area contributed by atoms with Gasteiger partial charge in [-0.25, -0.2) is 0 Å². The summed E-state index contributed by atoms with van der Waals surface area (Å²) >= 11 is 0. The molecule has 11 heteroatoms. The van der Waals surface area contributed by atoms with Crippen LogP contribution in [0.3, 0.4) is 0 Å². The molecule has 0 aliphatic carbocycles. The summed E-state index contributed by atoms with van der Waals surface area (Å²) in [6.45, 7) is 6.78. The van der Waals surface area contributed by atoms with Gasteiger partial charge in [-0.1, -0.05) is 36.4 Å². The van der Waals surface area contributed by atoms with E-state index < -0.39 is 23.7 Å². The third-order valence-electron chi connectivity index (χ3n) is 6.93. The van der Waals surface area contributed by atoms with Crippen LogP contribution in [-0.4, -0.2) is 55.1 Å². The standard InChI is InChI=1S/C32H36F3N5O3/c1-21-19-40(20-22(2)43-21)18-17-37-30(31(42)38-26-14-12-25(13-15-26)32(33,34)35)24-10-7-23(8-11-24)9-16-29(41)39-28-6-4-3-5-27(28)36/h3-16,21-22,30,37H,17-20,36H2,1-2H3,(H,38,42)(H,39,41)/b16-9+. The molecule has 228 valence electrons. The maximum atomic E-state index is 13.4. The van der Waals surface area contributed by atoms with Gasteiger partial charge in [-0.2, -0.15) is 13.2 Å². The van der Waals surface area contributed by atoms with Gasteiger partial charge in [-0.05, 0) is 67.4 Å². The van der Waals surface area contributed by atoms with Crippen molar-refractivity contribution in [1.82, 2.24) is 10.2 Å². The third kappa shape index (κ3) is 9.40. The highest BCUT2D eigenvalue weighted by molar-refractivity contribution is 6.03. The Morgan fingerprint density at radius 1 is 0.977 bits per heavy atom. The number of ether oxygens (including phenoxy) is 1. The summed E-state index contributed by atoms with van der Waals surface area (Å²) < 4.78 is 44.7. The highest BCUT2D eigenvalue weighted by Gasteiger charge is 2.30. The van der Waals surface area contributed by atoms with Crippen molar-refractivity contribution >= 4 is 35.0 Å². The molecule has 3 aromatic rings. The van der Waals surface area contributed by atoms with Crippen LogP contribution in [0.5, 0.6) is 0 Å². The van der Waals surface area contributed by atoms with Gasteiger partial charge in [-0.15, -0.1) is 0 Å². The van der Waals surface area contributed by atoms with Crippen molar-refractivity contribution in [3.05, 3.63) is 95.6 Å². The Labute approximate surface area is 249 Å². The zero-order valence-corrected chi connectivity index (χ0v) is 24.0. The van der Waals surface area contributed by atoms with Crippen LogP contribution in [0.15, 0.2) is 78.9 Å². The van der Waals surface area contributed by atoms with Gasteiger partial charge in [0.1, 0.15) is 6.04 Å². The van der Waals surface area contributed by atoms with E-state index in [2.05, 4.69) is 20.9 Å². The first-order valence-electron chi connectivity index (χ1n) is 14.0. The fourth-order valence-corrected chi connectivity index (χ4v) is 4.91. The molecule has 2 amide bonds. The van der Waals surface area contributed by atoms with E-state index in [-0.39, 0.29) is 23.8 Å². The summed E-state index contributed by atoms with van der Waals surface area (Å²) in [5.74, 6) is -0.754. The van der Waals surface area contributed by atoms with Crippen molar-refractivity contribution in [2.24, 2.45) is 0 Å². The van der Waals surface area contributed by atoms with E-state index in [1.807, 2.05) is 13.8 Å². The topological polar surface area (TPSA) is 109 Å². The molecule has 0 radical (unpaired) electrons. The highest BCUT2D eigenvalue weighted by atomic mass is 19.4. The van der Waals surface area contributed by atoms with Crippen molar-refractivity contribution in [3.63, 3.8) is 0 Å². The number of anilines is 3. The largest absolute Gasteiger partial charge is 0.416 e. The zero-order chi connectivity index (χ0) is 31.0. The average molecular weight is 596 g/mol. The molecule has 8 nitrogen and oxygen atoms in total. The quantitative estimate of drug-likeness (QED) is 0.187. The Morgan fingerprint density at radius 2 is 1.63 bits per heavy atom. The Morgan fingerprint density at radius 3 is 2.26 bits per heavy atom. The van der Waals surface area contributed by atoms with Gasteiger partial charge < -0.3 is 26.4 Å². The first-order chi connectivity index (χ1) is 20.5. The number of nitrogens with zero attached hydrogens (tertiary/aromatic N) is 1. The van der Waals surface area contributed by atoms with Crippen molar-refractivity contribution in [2.45, 2.75) is 38.3 Å². The first-order valence-corrected chi connectivity index (χ1v) is 14.0. The Bertz CT molecular complexity index is 1400. The number of morpholine rings is 1. The van der Waals surface area contributed by atoms with E-state index >= 15 is 0 Å². The minimum Gasteiger partial charge on any atom is -0.397 e. The maximum Gasteiger partial charge on any atom is 0.416 e. The lowest BCUT2D eigenvalue weighted by Gasteiger charge is -2.35. The minimum absolute atomic E-state index is 0.107. The van der Waals surface area contributed by atoms with Crippen LogP contribution in [0, 0.1) is 0 Å². The van der Waals surface area contributed by atoms with Crippen molar-refractivity contribution < 1.29 is 27.5 Å². The summed E-state index contributed by atoms with van der Waals surface area (Å²) in [5, 5.41) is 8.75. The number of hydrogen-bond acceptors (Lipinski definition) is 6. The van der Waals surface area contributed by atoms with Gasteiger partial charge in [0.05, 0.1) is 29.1 Å². The lowest BCUT2D eigenvalue weighted by Crippen LogP contribution is -2.48.